The van der Waals surface area contributed by atoms with Crippen LogP contribution in [0.3, 0.4) is 0 Å². The lowest BCUT2D eigenvalue weighted by atomic mass is 10.1. The molecule has 0 N–H and O–H groups in total. The van der Waals surface area contributed by atoms with Gasteiger partial charge in [-0.1, -0.05) is 0 Å². The van der Waals surface area contributed by atoms with E-state index < -0.39 is 0 Å². The third-order valence-corrected chi connectivity index (χ3v) is 5.79. The normalized spacial score (nSPS) is 19.0. The molecule has 0 bridgehead atoms. The zero-order chi connectivity index (χ0) is 17.1. The summed E-state index contributed by atoms with van der Waals surface area (Å²) in [5.74, 6) is 1.95. The molecule has 3 rings (SSSR count). The molecule has 1 saturated heterocycles. The summed E-state index contributed by atoms with van der Waals surface area (Å²) in [6, 6.07) is 0.481. The molecule has 0 amide bonds. The second-order valence-corrected chi connectivity index (χ2v) is 8.23. The molecule has 1 atom stereocenters. The van der Waals surface area contributed by atoms with Crippen LogP contribution >= 0.6 is 11.3 Å². The number of hydrogen-bond donors (Lipinski definition) is 0. The molecule has 6 heteroatoms. The van der Waals surface area contributed by atoms with E-state index in [9.17, 15) is 0 Å². The Morgan fingerprint density at radius 2 is 2.21 bits per heavy atom. The molecule has 0 spiro atoms. The minimum Gasteiger partial charge on any atom is -0.331 e. The van der Waals surface area contributed by atoms with Gasteiger partial charge in [0.1, 0.15) is 5.82 Å². The molecule has 2 aromatic rings. The number of aromatic nitrogens is 3. The zero-order valence-corrected chi connectivity index (χ0v) is 16.1. The number of nitrogens with zero attached hydrogens (tertiary/aromatic N) is 5. The van der Waals surface area contributed by atoms with Crippen molar-refractivity contribution < 1.29 is 0 Å². The molecule has 1 aliphatic heterocycles. The van der Waals surface area contributed by atoms with Crippen LogP contribution in [0.15, 0.2) is 17.9 Å². The van der Waals surface area contributed by atoms with Crippen molar-refractivity contribution in [2.45, 2.75) is 46.3 Å². The Hall–Kier alpha value is -1.24. The van der Waals surface area contributed by atoms with Gasteiger partial charge >= 0.3 is 0 Å². The SMILES string of the molecule is Cc1ncsc1CN(C)C[C@@H]1CCN(Cc2nccn2C(C)C)C1. The van der Waals surface area contributed by atoms with Crippen LogP contribution in [0.5, 0.6) is 0 Å². The van der Waals surface area contributed by atoms with E-state index in [-0.39, 0.29) is 0 Å². The molecule has 0 aromatic carbocycles. The fourth-order valence-corrected chi connectivity index (χ4v) is 4.43. The molecule has 0 unspecified atom stereocenters. The fourth-order valence-electron chi connectivity index (χ4n) is 3.57. The first-order valence-electron chi connectivity index (χ1n) is 8.84. The van der Waals surface area contributed by atoms with E-state index in [4.69, 9.17) is 0 Å². The van der Waals surface area contributed by atoms with Crippen LogP contribution in [0.4, 0.5) is 0 Å². The molecule has 2 aromatic heterocycles. The standard InChI is InChI=1S/C18H29N5S/c1-14(2)23-8-6-19-18(23)12-22-7-5-16(10-22)9-21(4)11-17-15(3)20-13-24-17/h6,8,13-14,16H,5,7,9-12H2,1-4H3/t16-/m0/s1. The third-order valence-electron chi connectivity index (χ3n) is 4.87. The van der Waals surface area contributed by atoms with Crippen LogP contribution in [-0.4, -0.2) is 51.0 Å². The van der Waals surface area contributed by atoms with E-state index in [1.165, 1.54) is 35.9 Å². The maximum Gasteiger partial charge on any atom is 0.123 e. The molecule has 0 radical (unpaired) electrons. The van der Waals surface area contributed by atoms with Crippen LogP contribution < -0.4 is 0 Å². The summed E-state index contributed by atoms with van der Waals surface area (Å²) in [6.45, 7) is 12.0. The van der Waals surface area contributed by atoms with E-state index in [1.54, 1.807) is 11.3 Å². The lowest BCUT2D eigenvalue weighted by Crippen LogP contribution is -2.28. The Morgan fingerprint density at radius 3 is 2.92 bits per heavy atom. The number of hydrogen-bond acceptors (Lipinski definition) is 5. The van der Waals surface area contributed by atoms with Crippen molar-refractivity contribution in [3.8, 4) is 0 Å². The highest BCUT2D eigenvalue weighted by Crippen LogP contribution is 2.21. The lowest BCUT2D eigenvalue weighted by Gasteiger charge is -2.21. The first kappa shape index (κ1) is 17.6. The summed E-state index contributed by atoms with van der Waals surface area (Å²) in [7, 11) is 2.23. The van der Waals surface area contributed by atoms with Crippen molar-refractivity contribution in [3.05, 3.63) is 34.3 Å². The van der Waals surface area contributed by atoms with E-state index in [0.29, 0.717) is 6.04 Å². The van der Waals surface area contributed by atoms with Gasteiger partial charge in [0.05, 0.1) is 17.7 Å². The van der Waals surface area contributed by atoms with E-state index in [0.717, 1.165) is 25.6 Å². The van der Waals surface area contributed by atoms with E-state index in [1.807, 2.05) is 11.7 Å². The topological polar surface area (TPSA) is 37.2 Å². The Balaban J connectivity index is 1.48. The van der Waals surface area contributed by atoms with Crippen molar-refractivity contribution in [1.82, 2.24) is 24.3 Å². The van der Waals surface area contributed by atoms with Gasteiger partial charge in [0, 0.05) is 42.9 Å². The number of rotatable bonds is 7. The van der Waals surface area contributed by atoms with Gasteiger partial charge in [0.2, 0.25) is 0 Å². The maximum absolute atomic E-state index is 4.55. The number of likely N-dealkylation sites (tertiary alicyclic amines) is 1. The summed E-state index contributed by atoms with van der Waals surface area (Å²) in [5.41, 5.74) is 3.13. The first-order valence-corrected chi connectivity index (χ1v) is 9.72. The number of thiazole rings is 1. The second kappa shape index (κ2) is 7.76. The van der Waals surface area contributed by atoms with Gasteiger partial charge in [-0.2, -0.15) is 0 Å². The molecule has 132 valence electrons. The third kappa shape index (κ3) is 4.23. The highest BCUT2D eigenvalue weighted by Gasteiger charge is 2.25. The summed E-state index contributed by atoms with van der Waals surface area (Å²) >= 11 is 1.77. The monoisotopic (exact) mass is 347 g/mol. The predicted octanol–water partition coefficient (Wildman–Crippen LogP) is 3.18. The molecule has 24 heavy (non-hydrogen) atoms. The van der Waals surface area contributed by atoms with Crippen molar-refractivity contribution >= 4 is 11.3 Å². The minimum atomic E-state index is 0.481. The van der Waals surface area contributed by atoms with Gasteiger partial charge in [-0.15, -0.1) is 11.3 Å². The molecule has 1 fully saturated rings. The molecule has 0 aliphatic carbocycles. The van der Waals surface area contributed by atoms with Gasteiger partial charge in [-0.05, 0) is 46.7 Å². The van der Waals surface area contributed by atoms with Crippen LogP contribution in [0.2, 0.25) is 0 Å². The second-order valence-electron chi connectivity index (χ2n) is 7.29. The van der Waals surface area contributed by atoms with Gasteiger partial charge in [-0.25, -0.2) is 9.97 Å². The van der Waals surface area contributed by atoms with Crippen molar-refractivity contribution in [3.63, 3.8) is 0 Å². The van der Waals surface area contributed by atoms with Gasteiger partial charge in [-0.3, -0.25) is 4.90 Å². The smallest absolute Gasteiger partial charge is 0.123 e. The van der Waals surface area contributed by atoms with Gasteiger partial charge in [0.15, 0.2) is 0 Å². The highest BCUT2D eigenvalue weighted by molar-refractivity contribution is 7.09. The average Bonchev–Trinajstić information content (AvgIpc) is 3.23. The molecule has 0 saturated carbocycles. The Bertz CT molecular complexity index is 647. The molecule has 5 nitrogen and oxygen atoms in total. The Kier molecular flexibility index (Phi) is 5.69. The lowest BCUT2D eigenvalue weighted by molar-refractivity contribution is 0.252. The van der Waals surface area contributed by atoms with Crippen LogP contribution in [0, 0.1) is 12.8 Å². The molecular weight excluding hydrogens is 318 g/mol. The van der Waals surface area contributed by atoms with Crippen LogP contribution in [0.1, 0.15) is 42.7 Å². The number of aryl methyl sites for hydroxylation is 1. The average molecular weight is 348 g/mol. The van der Waals surface area contributed by atoms with Gasteiger partial charge in [0.25, 0.3) is 0 Å². The van der Waals surface area contributed by atoms with E-state index >= 15 is 0 Å². The van der Waals surface area contributed by atoms with Gasteiger partial charge < -0.3 is 9.47 Å². The van der Waals surface area contributed by atoms with Crippen molar-refractivity contribution in [2.75, 3.05) is 26.7 Å². The quantitative estimate of drug-likeness (QED) is 0.771. The molecule has 3 heterocycles. The van der Waals surface area contributed by atoms with Crippen molar-refractivity contribution in [1.29, 1.82) is 0 Å². The van der Waals surface area contributed by atoms with Crippen LogP contribution in [0.25, 0.3) is 0 Å². The highest BCUT2D eigenvalue weighted by atomic mass is 32.1. The summed E-state index contributed by atoms with van der Waals surface area (Å²) in [6.07, 6.45) is 5.31. The zero-order valence-electron chi connectivity index (χ0n) is 15.3. The van der Waals surface area contributed by atoms with Crippen LogP contribution in [-0.2, 0) is 13.1 Å². The minimum absolute atomic E-state index is 0.481. The van der Waals surface area contributed by atoms with Crippen molar-refractivity contribution in [2.24, 2.45) is 5.92 Å². The molecule has 1 aliphatic rings. The maximum atomic E-state index is 4.55. The Labute approximate surface area is 149 Å². The number of imidazole rings is 1. The summed E-state index contributed by atoms with van der Waals surface area (Å²) < 4.78 is 2.28. The van der Waals surface area contributed by atoms with E-state index in [2.05, 4.69) is 58.4 Å². The Morgan fingerprint density at radius 1 is 1.38 bits per heavy atom. The molecular formula is C18H29N5S. The summed E-state index contributed by atoms with van der Waals surface area (Å²) in [5, 5.41) is 0. The fraction of sp³-hybridized carbons (Fsp3) is 0.667. The first-order chi connectivity index (χ1) is 11.5. The predicted molar refractivity (Wildman–Crippen MR) is 99.2 cm³/mol. The summed E-state index contributed by atoms with van der Waals surface area (Å²) in [4.78, 5) is 15.3. The largest absolute Gasteiger partial charge is 0.331 e.